The lowest BCUT2D eigenvalue weighted by atomic mass is 10.1. The van der Waals surface area contributed by atoms with E-state index in [9.17, 15) is 9.59 Å². The maximum absolute atomic E-state index is 12.1. The van der Waals surface area contributed by atoms with E-state index in [-0.39, 0.29) is 5.78 Å². The van der Waals surface area contributed by atoms with E-state index >= 15 is 0 Å². The third kappa shape index (κ3) is 5.91. The number of rotatable bonds is 8. The Kier molecular flexibility index (Phi) is 8.33. The zero-order valence-electron chi connectivity index (χ0n) is 20.2. The van der Waals surface area contributed by atoms with Gasteiger partial charge in [-0.2, -0.15) is 0 Å². The highest BCUT2D eigenvalue weighted by Gasteiger charge is 2.19. The van der Waals surface area contributed by atoms with E-state index in [0.29, 0.717) is 41.6 Å². The van der Waals surface area contributed by atoms with Crippen LogP contribution in [0.25, 0.3) is 11.0 Å². The Balaban J connectivity index is 0.000000261. The predicted molar refractivity (Wildman–Crippen MR) is 131 cm³/mol. The molecule has 0 atom stereocenters. The Bertz CT molecular complexity index is 1320. The Morgan fingerprint density at radius 2 is 1.74 bits per heavy atom. The van der Waals surface area contributed by atoms with Crippen LogP contribution in [0.4, 0.5) is 5.69 Å². The van der Waals surface area contributed by atoms with Crippen LogP contribution in [0.5, 0.6) is 17.4 Å². The molecular weight excluding hydrogens is 450 g/mol. The number of hydrogen-bond acceptors (Lipinski definition) is 8. The van der Waals surface area contributed by atoms with E-state index in [4.69, 9.17) is 14.2 Å². The molecule has 0 radical (unpaired) electrons. The van der Waals surface area contributed by atoms with Crippen LogP contribution in [0.3, 0.4) is 0 Å². The van der Waals surface area contributed by atoms with Gasteiger partial charge in [0.1, 0.15) is 17.1 Å². The molecule has 0 aliphatic carbocycles. The summed E-state index contributed by atoms with van der Waals surface area (Å²) in [4.78, 5) is 34.9. The van der Waals surface area contributed by atoms with Gasteiger partial charge in [-0.3, -0.25) is 14.6 Å². The predicted octanol–water partition coefficient (Wildman–Crippen LogP) is 3.67. The van der Waals surface area contributed by atoms with Crippen LogP contribution in [0.2, 0.25) is 0 Å². The minimum Gasteiger partial charge on any atom is -0.495 e. The van der Waals surface area contributed by atoms with E-state index in [2.05, 4.69) is 20.3 Å². The molecule has 0 aliphatic rings. The molecule has 4 rings (SSSR count). The number of hydrogen-bond donors (Lipinski definition) is 1. The number of pyridine rings is 3. The first-order valence-electron chi connectivity index (χ1n) is 10.6. The molecule has 0 aromatic carbocycles. The third-order valence-electron chi connectivity index (χ3n) is 5.24. The van der Waals surface area contributed by atoms with Gasteiger partial charge in [-0.25, -0.2) is 9.97 Å². The van der Waals surface area contributed by atoms with Gasteiger partial charge in [-0.05, 0) is 38.1 Å². The second kappa shape index (κ2) is 11.6. The molecule has 0 spiro atoms. The van der Waals surface area contributed by atoms with Crippen LogP contribution in [-0.4, -0.2) is 53.0 Å². The van der Waals surface area contributed by atoms with Crippen molar-refractivity contribution in [2.24, 2.45) is 0 Å². The van der Waals surface area contributed by atoms with Gasteiger partial charge in [-0.1, -0.05) is 0 Å². The van der Waals surface area contributed by atoms with Crippen LogP contribution in [0.1, 0.15) is 28.7 Å². The monoisotopic (exact) mass is 477 g/mol. The van der Waals surface area contributed by atoms with Crippen molar-refractivity contribution in [1.82, 2.24) is 19.5 Å². The number of ether oxygens (including phenoxy) is 3. The molecule has 4 aromatic heterocycles. The van der Waals surface area contributed by atoms with Gasteiger partial charge in [0.2, 0.25) is 12.3 Å². The third-order valence-corrected chi connectivity index (χ3v) is 5.24. The topological polar surface area (TPSA) is 117 Å². The second-order valence-electron chi connectivity index (χ2n) is 7.39. The molecular formula is C25H27N5O5. The Morgan fingerprint density at radius 3 is 2.34 bits per heavy atom. The number of aromatic nitrogens is 4. The zero-order valence-corrected chi connectivity index (χ0v) is 20.2. The quantitative estimate of drug-likeness (QED) is 0.302. The summed E-state index contributed by atoms with van der Waals surface area (Å²) in [6, 6.07) is 8.93. The Morgan fingerprint density at radius 1 is 1.00 bits per heavy atom. The summed E-state index contributed by atoms with van der Waals surface area (Å²) in [7, 11) is 4.71. The fraction of sp³-hybridized carbons (Fsp3) is 0.240. The Labute approximate surface area is 202 Å². The van der Waals surface area contributed by atoms with Crippen molar-refractivity contribution >= 4 is 28.9 Å². The molecule has 10 heteroatoms. The van der Waals surface area contributed by atoms with Gasteiger partial charge < -0.3 is 24.1 Å². The lowest BCUT2D eigenvalue weighted by molar-refractivity contribution is -0.105. The average molecular weight is 478 g/mol. The SMILES string of the molecule is COc1cc(NC=O)ccn1.COc1ccc(Cn2c(C)c(C(C)=O)c3cc(OC)cnc32)nc1. The van der Waals surface area contributed by atoms with Crippen LogP contribution < -0.4 is 19.5 Å². The van der Waals surface area contributed by atoms with E-state index in [0.717, 1.165) is 22.4 Å². The molecule has 1 amide bonds. The van der Waals surface area contributed by atoms with Gasteiger partial charge in [0.15, 0.2) is 5.78 Å². The summed E-state index contributed by atoms with van der Waals surface area (Å²) >= 11 is 0. The minimum absolute atomic E-state index is 0.00833. The molecule has 0 unspecified atom stereocenters. The molecule has 0 bridgehead atoms. The molecule has 10 nitrogen and oxygen atoms in total. The highest BCUT2D eigenvalue weighted by atomic mass is 16.5. The number of carbonyl (C=O) groups is 2. The summed E-state index contributed by atoms with van der Waals surface area (Å²) in [5.74, 6) is 1.83. The smallest absolute Gasteiger partial charge is 0.214 e. The lowest BCUT2D eigenvalue weighted by Crippen LogP contribution is -2.05. The number of nitrogens with one attached hydrogen (secondary N) is 1. The maximum atomic E-state index is 12.1. The summed E-state index contributed by atoms with van der Waals surface area (Å²) in [5.41, 5.74) is 3.83. The van der Waals surface area contributed by atoms with Crippen molar-refractivity contribution < 1.29 is 23.8 Å². The van der Waals surface area contributed by atoms with Crippen molar-refractivity contribution in [3.05, 3.63) is 65.9 Å². The van der Waals surface area contributed by atoms with Gasteiger partial charge in [0.05, 0.1) is 46.0 Å². The van der Waals surface area contributed by atoms with Gasteiger partial charge in [0, 0.05) is 34.6 Å². The summed E-state index contributed by atoms with van der Waals surface area (Å²) in [6.45, 7) is 4.02. The molecule has 0 fully saturated rings. The number of fused-ring (bicyclic) bond motifs is 1. The van der Waals surface area contributed by atoms with E-state index in [1.54, 1.807) is 51.9 Å². The summed E-state index contributed by atoms with van der Waals surface area (Å²) in [5, 5.41) is 3.28. The molecule has 1 N–H and O–H groups in total. The van der Waals surface area contributed by atoms with Crippen LogP contribution in [0.15, 0.2) is 48.9 Å². The molecule has 35 heavy (non-hydrogen) atoms. The van der Waals surface area contributed by atoms with Gasteiger partial charge in [-0.15, -0.1) is 0 Å². The number of ketones is 1. The van der Waals surface area contributed by atoms with Crippen molar-refractivity contribution in [3.8, 4) is 17.4 Å². The standard InChI is InChI=1S/C18H19N3O3.C7H8N2O2/c1-11-17(12(2)22)16-7-15(24-4)9-20-18(16)21(11)10-13-5-6-14(23-3)8-19-13;1-11-7-4-6(9-5-10)2-3-8-7/h5-9H,10H2,1-4H3;2-5H,1H3,(H,8,9,10). The van der Waals surface area contributed by atoms with Gasteiger partial charge in [0.25, 0.3) is 0 Å². The molecule has 0 aliphatic heterocycles. The highest BCUT2D eigenvalue weighted by molar-refractivity contribution is 6.07. The van der Waals surface area contributed by atoms with Crippen molar-refractivity contribution in [3.63, 3.8) is 0 Å². The van der Waals surface area contributed by atoms with E-state index in [1.807, 2.05) is 29.7 Å². The first-order valence-corrected chi connectivity index (χ1v) is 10.6. The first-order chi connectivity index (χ1) is 16.9. The van der Waals surface area contributed by atoms with Crippen molar-refractivity contribution in [1.29, 1.82) is 0 Å². The van der Waals surface area contributed by atoms with Crippen LogP contribution in [-0.2, 0) is 11.3 Å². The average Bonchev–Trinajstić information content (AvgIpc) is 3.15. The number of anilines is 1. The number of methoxy groups -OCH3 is 3. The number of Topliss-reactive ketones (excluding diaryl/α,β-unsaturated/α-hetero) is 1. The summed E-state index contributed by atoms with van der Waals surface area (Å²) < 4.78 is 17.2. The maximum Gasteiger partial charge on any atom is 0.214 e. The fourth-order valence-electron chi connectivity index (χ4n) is 3.54. The van der Waals surface area contributed by atoms with E-state index < -0.39 is 0 Å². The zero-order chi connectivity index (χ0) is 25.4. The molecule has 4 heterocycles. The van der Waals surface area contributed by atoms with Crippen molar-refractivity contribution in [2.45, 2.75) is 20.4 Å². The number of carbonyl (C=O) groups excluding carboxylic acids is 2. The van der Waals surface area contributed by atoms with Crippen LogP contribution >= 0.6 is 0 Å². The lowest BCUT2D eigenvalue weighted by Gasteiger charge is -2.08. The molecule has 0 saturated carbocycles. The van der Waals surface area contributed by atoms with Crippen LogP contribution in [0, 0.1) is 6.92 Å². The normalized spacial score (nSPS) is 10.2. The second-order valence-corrected chi connectivity index (χ2v) is 7.39. The number of nitrogens with zero attached hydrogens (tertiary/aromatic N) is 4. The fourth-order valence-corrected chi connectivity index (χ4v) is 3.54. The minimum atomic E-state index is 0.00833. The highest BCUT2D eigenvalue weighted by Crippen LogP contribution is 2.28. The van der Waals surface area contributed by atoms with Gasteiger partial charge >= 0.3 is 0 Å². The largest absolute Gasteiger partial charge is 0.495 e. The Hall–Kier alpha value is -4.47. The first kappa shape index (κ1) is 25.2. The molecule has 182 valence electrons. The van der Waals surface area contributed by atoms with E-state index in [1.165, 1.54) is 7.11 Å². The number of amides is 1. The molecule has 4 aromatic rings. The molecule has 0 saturated heterocycles. The summed E-state index contributed by atoms with van der Waals surface area (Å²) in [6.07, 6.45) is 5.50. The van der Waals surface area contributed by atoms with Crippen molar-refractivity contribution in [2.75, 3.05) is 26.6 Å².